The molecular formula is C29H31N5O. The molecule has 0 unspecified atom stereocenters. The molecule has 4 rings (SSSR count). The Labute approximate surface area is 207 Å². The molecule has 0 saturated heterocycles. The van der Waals surface area contributed by atoms with E-state index in [2.05, 4.69) is 82.7 Å². The summed E-state index contributed by atoms with van der Waals surface area (Å²) >= 11 is 0. The highest BCUT2D eigenvalue weighted by molar-refractivity contribution is 5.95. The maximum atomic E-state index is 12.7. The molecule has 3 aromatic carbocycles. The van der Waals surface area contributed by atoms with E-state index in [1.807, 2.05) is 24.3 Å². The number of hydrogen-bond acceptors (Lipinski definition) is 5. The first-order valence-corrected chi connectivity index (χ1v) is 11.9. The lowest BCUT2D eigenvalue weighted by atomic mass is 10.1. The molecule has 0 saturated carbocycles. The molecule has 0 aliphatic heterocycles. The van der Waals surface area contributed by atoms with E-state index in [-0.39, 0.29) is 5.91 Å². The Balaban J connectivity index is 1.36. The fourth-order valence-corrected chi connectivity index (χ4v) is 3.93. The van der Waals surface area contributed by atoms with Crippen molar-refractivity contribution in [2.75, 3.05) is 23.3 Å². The summed E-state index contributed by atoms with van der Waals surface area (Å²) in [4.78, 5) is 23.9. The summed E-state index contributed by atoms with van der Waals surface area (Å²) < 4.78 is 0. The minimum atomic E-state index is -0.128. The van der Waals surface area contributed by atoms with Crippen LogP contribution >= 0.6 is 0 Å². The van der Waals surface area contributed by atoms with Crippen molar-refractivity contribution in [1.82, 2.24) is 15.3 Å². The molecule has 4 aromatic rings. The molecule has 0 aliphatic rings. The van der Waals surface area contributed by atoms with Crippen molar-refractivity contribution in [3.8, 4) is 11.1 Å². The molecule has 0 bridgehead atoms. The first-order valence-electron chi connectivity index (χ1n) is 11.9. The van der Waals surface area contributed by atoms with Gasteiger partial charge in [-0.3, -0.25) is 4.79 Å². The van der Waals surface area contributed by atoms with E-state index >= 15 is 0 Å². The van der Waals surface area contributed by atoms with Gasteiger partial charge < -0.3 is 15.5 Å². The summed E-state index contributed by atoms with van der Waals surface area (Å²) in [6, 6.07) is 23.9. The van der Waals surface area contributed by atoms with Gasteiger partial charge in [-0.15, -0.1) is 0 Å². The molecule has 178 valence electrons. The number of benzene rings is 3. The first kappa shape index (κ1) is 24.0. The summed E-state index contributed by atoms with van der Waals surface area (Å²) in [5, 5.41) is 6.19. The van der Waals surface area contributed by atoms with Gasteiger partial charge in [-0.25, -0.2) is 9.97 Å². The van der Waals surface area contributed by atoms with Crippen LogP contribution in [0.2, 0.25) is 0 Å². The Morgan fingerprint density at radius 2 is 1.57 bits per heavy atom. The highest BCUT2D eigenvalue weighted by Crippen LogP contribution is 2.21. The van der Waals surface area contributed by atoms with Crippen LogP contribution in [0.15, 0.2) is 85.2 Å². The molecular weight excluding hydrogens is 434 g/mol. The molecule has 1 heterocycles. The third kappa shape index (κ3) is 6.23. The summed E-state index contributed by atoms with van der Waals surface area (Å²) in [7, 11) is 0. The summed E-state index contributed by atoms with van der Waals surface area (Å²) in [5.41, 5.74) is 6.81. The second-order valence-corrected chi connectivity index (χ2v) is 8.39. The smallest absolute Gasteiger partial charge is 0.251 e. The molecule has 0 aliphatic carbocycles. The monoisotopic (exact) mass is 465 g/mol. The van der Waals surface area contributed by atoms with Crippen LogP contribution in [0, 0.1) is 6.92 Å². The molecule has 1 aromatic heterocycles. The molecule has 0 fully saturated rings. The van der Waals surface area contributed by atoms with Gasteiger partial charge in [-0.1, -0.05) is 48.0 Å². The second-order valence-electron chi connectivity index (χ2n) is 8.39. The number of carbonyl (C=O) groups is 1. The zero-order valence-corrected chi connectivity index (χ0v) is 20.5. The number of carbonyl (C=O) groups excluding carboxylic acids is 1. The number of hydrogen-bond donors (Lipinski definition) is 2. The predicted molar refractivity (Wildman–Crippen MR) is 143 cm³/mol. The minimum absolute atomic E-state index is 0.128. The van der Waals surface area contributed by atoms with E-state index in [0.29, 0.717) is 18.1 Å². The fourth-order valence-electron chi connectivity index (χ4n) is 3.93. The van der Waals surface area contributed by atoms with E-state index in [1.165, 1.54) is 11.3 Å². The van der Waals surface area contributed by atoms with Crippen molar-refractivity contribution in [3.05, 3.63) is 102 Å². The van der Waals surface area contributed by atoms with Crippen LogP contribution in [0.1, 0.15) is 35.3 Å². The second kappa shape index (κ2) is 11.3. The normalized spacial score (nSPS) is 10.6. The highest BCUT2D eigenvalue weighted by atomic mass is 16.1. The molecule has 0 atom stereocenters. The summed E-state index contributed by atoms with van der Waals surface area (Å²) in [5.74, 6) is 0.351. The van der Waals surface area contributed by atoms with Crippen molar-refractivity contribution in [2.45, 2.75) is 27.3 Å². The lowest BCUT2D eigenvalue weighted by Gasteiger charge is -2.21. The predicted octanol–water partition coefficient (Wildman–Crippen LogP) is 5.97. The number of amides is 1. The van der Waals surface area contributed by atoms with E-state index in [4.69, 9.17) is 0 Å². The number of nitrogens with zero attached hydrogens (tertiary/aromatic N) is 3. The van der Waals surface area contributed by atoms with Crippen LogP contribution in [0.3, 0.4) is 0 Å². The van der Waals surface area contributed by atoms with Gasteiger partial charge in [0.05, 0.1) is 0 Å². The van der Waals surface area contributed by atoms with Crippen LogP contribution in [0.25, 0.3) is 11.1 Å². The average Bonchev–Trinajstić information content (AvgIpc) is 2.89. The minimum Gasteiger partial charge on any atom is -0.372 e. The van der Waals surface area contributed by atoms with Crippen LogP contribution in [-0.2, 0) is 6.54 Å². The largest absolute Gasteiger partial charge is 0.372 e. The third-order valence-electron chi connectivity index (χ3n) is 5.90. The Hall–Kier alpha value is -4.19. The fraction of sp³-hybridized carbons (Fsp3) is 0.207. The standard InChI is InChI=1S/C29H31N5O/c1-4-34(5-2)27-14-12-22(13-15-27)18-30-28(35)24-10-7-11-26(17-24)33-29-31-19-25(20-32-29)23-9-6-8-21(3)16-23/h6-17,19-20H,4-5,18H2,1-3H3,(H,30,35)(H,31,32,33). The van der Waals surface area contributed by atoms with E-state index in [0.717, 1.165) is 35.5 Å². The zero-order valence-electron chi connectivity index (χ0n) is 20.5. The number of aryl methyl sites for hydroxylation is 1. The van der Waals surface area contributed by atoms with Crippen molar-refractivity contribution in [3.63, 3.8) is 0 Å². The topological polar surface area (TPSA) is 70.2 Å². The van der Waals surface area contributed by atoms with Gasteiger partial charge in [0, 0.05) is 54.5 Å². The number of anilines is 3. The van der Waals surface area contributed by atoms with E-state index in [9.17, 15) is 4.79 Å². The Morgan fingerprint density at radius 3 is 2.26 bits per heavy atom. The maximum absolute atomic E-state index is 12.7. The molecule has 6 heteroatoms. The average molecular weight is 466 g/mol. The van der Waals surface area contributed by atoms with Gasteiger partial charge in [0.1, 0.15) is 0 Å². The SMILES string of the molecule is CCN(CC)c1ccc(CNC(=O)c2cccc(Nc3ncc(-c4cccc(C)c4)cn3)c2)cc1. The van der Waals surface area contributed by atoms with Crippen molar-refractivity contribution in [2.24, 2.45) is 0 Å². The van der Waals surface area contributed by atoms with Gasteiger partial charge in [-0.05, 0) is 62.2 Å². The van der Waals surface area contributed by atoms with Crippen LogP contribution in [0.4, 0.5) is 17.3 Å². The van der Waals surface area contributed by atoms with Gasteiger partial charge in [0.15, 0.2) is 0 Å². The van der Waals surface area contributed by atoms with E-state index in [1.54, 1.807) is 24.5 Å². The van der Waals surface area contributed by atoms with Gasteiger partial charge >= 0.3 is 0 Å². The number of aromatic nitrogens is 2. The van der Waals surface area contributed by atoms with Crippen LogP contribution < -0.4 is 15.5 Å². The quantitative estimate of drug-likeness (QED) is 0.319. The maximum Gasteiger partial charge on any atom is 0.251 e. The van der Waals surface area contributed by atoms with Crippen molar-refractivity contribution >= 4 is 23.2 Å². The van der Waals surface area contributed by atoms with Gasteiger partial charge in [-0.2, -0.15) is 0 Å². The molecule has 6 nitrogen and oxygen atoms in total. The first-order chi connectivity index (χ1) is 17.1. The number of rotatable bonds is 9. The Morgan fingerprint density at radius 1 is 0.857 bits per heavy atom. The lowest BCUT2D eigenvalue weighted by Crippen LogP contribution is -2.23. The molecule has 1 amide bonds. The highest BCUT2D eigenvalue weighted by Gasteiger charge is 2.08. The third-order valence-corrected chi connectivity index (χ3v) is 5.90. The summed E-state index contributed by atoms with van der Waals surface area (Å²) in [6.45, 7) is 8.77. The van der Waals surface area contributed by atoms with Crippen molar-refractivity contribution < 1.29 is 4.79 Å². The molecule has 2 N–H and O–H groups in total. The zero-order chi connectivity index (χ0) is 24.6. The lowest BCUT2D eigenvalue weighted by molar-refractivity contribution is 0.0951. The van der Waals surface area contributed by atoms with Crippen LogP contribution in [-0.4, -0.2) is 29.0 Å². The summed E-state index contributed by atoms with van der Waals surface area (Å²) in [6.07, 6.45) is 3.60. The number of nitrogens with one attached hydrogen (secondary N) is 2. The van der Waals surface area contributed by atoms with Crippen LogP contribution in [0.5, 0.6) is 0 Å². The van der Waals surface area contributed by atoms with Gasteiger partial charge in [0.2, 0.25) is 5.95 Å². The molecule has 35 heavy (non-hydrogen) atoms. The molecule has 0 radical (unpaired) electrons. The van der Waals surface area contributed by atoms with E-state index < -0.39 is 0 Å². The Kier molecular flexibility index (Phi) is 7.73. The Bertz CT molecular complexity index is 1270. The van der Waals surface area contributed by atoms with Gasteiger partial charge in [0.25, 0.3) is 5.91 Å². The van der Waals surface area contributed by atoms with Crippen molar-refractivity contribution in [1.29, 1.82) is 0 Å². The molecule has 0 spiro atoms.